The SMILES string of the molecule is CN1C(=O)COc2c(NC(=O)c3cc(-c4ccccc4)ccc3F)cccc21. The van der Waals surface area contributed by atoms with Gasteiger partial charge in [0.1, 0.15) is 5.82 Å². The summed E-state index contributed by atoms with van der Waals surface area (Å²) in [5.41, 5.74) is 2.49. The van der Waals surface area contributed by atoms with Gasteiger partial charge < -0.3 is 15.0 Å². The van der Waals surface area contributed by atoms with Crippen molar-refractivity contribution in [2.75, 3.05) is 23.9 Å². The molecule has 1 aliphatic heterocycles. The van der Waals surface area contributed by atoms with Gasteiger partial charge in [0.2, 0.25) is 0 Å². The fourth-order valence-corrected chi connectivity index (χ4v) is 3.10. The number of likely N-dealkylation sites (N-methyl/N-ethyl adjacent to an activating group) is 1. The fourth-order valence-electron chi connectivity index (χ4n) is 3.10. The van der Waals surface area contributed by atoms with Gasteiger partial charge in [0.15, 0.2) is 12.4 Å². The number of nitrogens with zero attached hydrogens (tertiary/aromatic N) is 1. The minimum Gasteiger partial charge on any atom is -0.479 e. The molecule has 3 aromatic rings. The van der Waals surface area contributed by atoms with Gasteiger partial charge in [0, 0.05) is 7.05 Å². The van der Waals surface area contributed by atoms with Crippen molar-refractivity contribution in [3.63, 3.8) is 0 Å². The van der Waals surface area contributed by atoms with E-state index in [9.17, 15) is 14.0 Å². The molecule has 0 saturated heterocycles. The maximum Gasteiger partial charge on any atom is 0.264 e. The van der Waals surface area contributed by atoms with Crippen LogP contribution in [-0.4, -0.2) is 25.5 Å². The summed E-state index contributed by atoms with van der Waals surface area (Å²) in [4.78, 5) is 26.0. The highest BCUT2D eigenvalue weighted by atomic mass is 19.1. The molecule has 5 nitrogen and oxygen atoms in total. The predicted molar refractivity (Wildman–Crippen MR) is 105 cm³/mol. The van der Waals surface area contributed by atoms with E-state index in [2.05, 4.69) is 5.32 Å². The number of amides is 2. The van der Waals surface area contributed by atoms with Gasteiger partial charge >= 0.3 is 0 Å². The molecule has 0 bridgehead atoms. The van der Waals surface area contributed by atoms with E-state index >= 15 is 0 Å². The lowest BCUT2D eigenvalue weighted by Gasteiger charge is -2.27. The van der Waals surface area contributed by atoms with Crippen LogP contribution in [0, 0.1) is 5.82 Å². The summed E-state index contributed by atoms with van der Waals surface area (Å²) in [5, 5.41) is 2.70. The Morgan fingerprint density at radius 3 is 2.61 bits per heavy atom. The van der Waals surface area contributed by atoms with E-state index in [4.69, 9.17) is 4.74 Å². The lowest BCUT2D eigenvalue weighted by Crippen LogP contribution is -2.35. The smallest absolute Gasteiger partial charge is 0.264 e. The van der Waals surface area contributed by atoms with Gasteiger partial charge in [-0.05, 0) is 35.4 Å². The van der Waals surface area contributed by atoms with E-state index in [0.29, 0.717) is 17.1 Å². The number of anilines is 2. The van der Waals surface area contributed by atoms with E-state index in [1.54, 1.807) is 31.3 Å². The van der Waals surface area contributed by atoms with E-state index in [1.807, 2.05) is 30.3 Å². The van der Waals surface area contributed by atoms with Crippen molar-refractivity contribution >= 4 is 23.2 Å². The molecule has 2 amide bonds. The maximum absolute atomic E-state index is 14.3. The van der Waals surface area contributed by atoms with Gasteiger partial charge in [-0.3, -0.25) is 9.59 Å². The zero-order valence-electron chi connectivity index (χ0n) is 15.1. The molecule has 0 saturated carbocycles. The molecule has 1 N–H and O–H groups in total. The molecule has 1 heterocycles. The Morgan fingerprint density at radius 2 is 1.82 bits per heavy atom. The van der Waals surface area contributed by atoms with Gasteiger partial charge in [-0.15, -0.1) is 0 Å². The molecule has 4 rings (SSSR count). The Morgan fingerprint density at radius 1 is 1.04 bits per heavy atom. The van der Waals surface area contributed by atoms with E-state index < -0.39 is 11.7 Å². The van der Waals surface area contributed by atoms with Crippen LogP contribution in [0.1, 0.15) is 10.4 Å². The monoisotopic (exact) mass is 376 g/mol. The highest BCUT2D eigenvalue weighted by molar-refractivity contribution is 6.07. The number of benzene rings is 3. The zero-order valence-corrected chi connectivity index (χ0v) is 15.1. The number of carbonyl (C=O) groups excluding carboxylic acids is 2. The van der Waals surface area contributed by atoms with Crippen LogP contribution < -0.4 is 15.0 Å². The molecule has 0 unspecified atom stereocenters. The van der Waals surface area contributed by atoms with E-state index in [1.165, 1.54) is 17.0 Å². The van der Waals surface area contributed by atoms with Gasteiger partial charge in [-0.1, -0.05) is 42.5 Å². The first-order valence-corrected chi connectivity index (χ1v) is 8.73. The Labute approximate surface area is 161 Å². The topological polar surface area (TPSA) is 58.6 Å². The van der Waals surface area contributed by atoms with Crippen molar-refractivity contribution in [3.05, 3.63) is 78.1 Å². The molecule has 0 aromatic heterocycles. The normalized spacial score (nSPS) is 12.9. The molecule has 0 spiro atoms. The van der Waals surface area contributed by atoms with Crippen LogP contribution in [0.15, 0.2) is 66.7 Å². The largest absolute Gasteiger partial charge is 0.479 e. The molecule has 28 heavy (non-hydrogen) atoms. The first-order valence-electron chi connectivity index (χ1n) is 8.73. The summed E-state index contributed by atoms with van der Waals surface area (Å²) in [6, 6.07) is 18.9. The van der Waals surface area contributed by atoms with Crippen molar-refractivity contribution in [3.8, 4) is 16.9 Å². The molecule has 0 atom stereocenters. The van der Waals surface area contributed by atoms with Crippen molar-refractivity contribution in [2.45, 2.75) is 0 Å². The van der Waals surface area contributed by atoms with Crippen LogP contribution in [0.25, 0.3) is 11.1 Å². The number of hydrogen-bond donors (Lipinski definition) is 1. The summed E-state index contributed by atoms with van der Waals surface area (Å²) in [7, 11) is 1.64. The first-order chi connectivity index (χ1) is 13.5. The number of ether oxygens (including phenoxy) is 1. The average Bonchev–Trinajstić information content (AvgIpc) is 2.72. The Hall–Kier alpha value is -3.67. The average molecular weight is 376 g/mol. The molecule has 0 fully saturated rings. The van der Waals surface area contributed by atoms with Crippen LogP contribution in [0.2, 0.25) is 0 Å². The molecule has 6 heteroatoms. The number of halogens is 1. The number of fused-ring (bicyclic) bond motifs is 1. The summed E-state index contributed by atoms with van der Waals surface area (Å²) in [6.45, 7) is -0.117. The molecular weight excluding hydrogens is 359 g/mol. The Kier molecular flexibility index (Phi) is 4.53. The molecule has 0 radical (unpaired) electrons. The highest BCUT2D eigenvalue weighted by Crippen LogP contribution is 2.38. The Bertz CT molecular complexity index is 1070. The van der Waals surface area contributed by atoms with Crippen molar-refractivity contribution in [1.29, 1.82) is 0 Å². The second-order valence-corrected chi connectivity index (χ2v) is 6.41. The minimum atomic E-state index is -0.616. The summed E-state index contributed by atoms with van der Waals surface area (Å²) < 4.78 is 19.8. The Balaban J connectivity index is 1.66. The van der Waals surface area contributed by atoms with Gasteiger partial charge in [-0.2, -0.15) is 0 Å². The number of carbonyl (C=O) groups is 2. The van der Waals surface area contributed by atoms with Crippen LogP contribution in [0.4, 0.5) is 15.8 Å². The second kappa shape index (κ2) is 7.15. The lowest BCUT2D eigenvalue weighted by atomic mass is 10.0. The third-order valence-electron chi connectivity index (χ3n) is 4.64. The van der Waals surface area contributed by atoms with E-state index in [-0.39, 0.29) is 18.1 Å². The molecule has 140 valence electrons. The third-order valence-corrected chi connectivity index (χ3v) is 4.64. The first kappa shape index (κ1) is 17.7. The standard InChI is InChI=1S/C22H17FN2O3/c1-25-19-9-5-8-18(21(19)28-13-20(25)26)24-22(27)16-12-15(10-11-17(16)23)14-6-3-2-4-7-14/h2-12H,13H2,1H3,(H,24,27). The van der Waals surface area contributed by atoms with Crippen molar-refractivity contribution in [1.82, 2.24) is 0 Å². The molecular formula is C22H17FN2O3. The van der Waals surface area contributed by atoms with Crippen molar-refractivity contribution in [2.24, 2.45) is 0 Å². The van der Waals surface area contributed by atoms with Crippen LogP contribution in [-0.2, 0) is 4.79 Å². The molecule has 3 aromatic carbocycles. The number of hydrogen-bond acceptors (Lipinski definition) is 3. The number of nitrogens with one attached hydrogen (secondary N) is 1. The predicted octanol–water partition coefficient (Wildman–Crippen LogP) is 4.10. The quantitative estimate of drug-likeness (QED) is 0.749. The minimum absolute atomic E-state index is 0.0702. The third kappa shape index (κ3) is 3.20. The number of rotatable bonds is 3. The summed E-state index contributed by atoms with van der Waals surface area (Å²) in [5.74, 6) is -1.00. The van der Waals surface area contributed by atoms with Crippen LogP contribution in [0.5, 0.6) is 5.75 Å². The number of para-hydroxylation sites is 1. The van der Waals surface area contributed by atoms with Gasteiger partial charge in [-0.25, -0.2) is 4.39 Å². The lowest BCUT2D eigenvalue weighted by molar-refractivity contribution is -0.120. The zero-order chi connectivity index (χ0) is 19.7. The fraction of sp³-hybridized carbons (Fsp3) is 0.0909. The molecule has 0 aliphatic carbocycles. The van der Waals surface area contributed by atoms with Crippen LogP contribution >= 0.6 is 0 Å². The highest BCUT2D eigenvalue weighted by Gasteiger charge is 2.25. The van der Waals surface area contributed by atoms with Gasteiger partial charge in [0.05, 0.1) is 16.9 Å². The van der Waals surface area contributed by atoms with E-state index in [0.717, 1.165) is 11.1 Å². The van der Waals surface area contributed by atoms with Crippen molar-refractivity contribution < 1.29 is 18.7 Å². The summed E-state index contributed by atoms with van der Waals surface area (Å²) >= 11 is 0. The second-order valence-electron chi connectivity index (χ2n) is 6.41. The summed E-state index contributed by atoms with van der Waals surface area (Å²) in [6.07, 6.45) is 0. The van der Waals surface area contributed by atoms with Crippen LogP contribution in [0.3, 0.4) is 0 Å². The van der Waals surface area contributed by atoms with Gasteiger partial charge in [0.25, 0.3) is 11.8 Å². The maximum atomic E-state index is 14.3. The molecule has 1 aliphatic rings.